The number of likely N-dealkylation sites (tertiary alicyclic amines) is 1. The third-order valence-corrected chi connectivity index (χ3v) is 8.83. The van der Waals surface area contributed by atoms with Gasteiger partial charge in [0.1, 0.15) is 11.9 Å². The molecular formula is C34H52FNO5. The van der Waals surface area contributed by atoms with Crippen LogP contribution in [-0.2, 0) is 19.1 Å². The fourth-order valence-electron chi connectivity index (χ4n) is 6.49. The predicted molar refractivity (Wildman–Crippen MR) is 160 cm³/mol. The Morgan fingerprint density at radius 3 is 2.39 bits per heavy atom. The van der Waals surface area contributed by atoms with Gasteiger partial charge in [-0.1, -0.05) is 83.1 Å². The van der Waals surface area contributed by atoms with Crippen LogP contribution in [0.1, 0.15) is 115 Å². The Bertz CT molecular complexity index is 951. The lowest BCUT2D eigenvalue weighted by Crippen LogP contribution is -2.34. The number of halogens is 1. The van der Waals surface area contributed by atoms with Gasteiger partial charge in [0.05, 0.1) is 25.7 Å². The Morgan fingerprint density at radius 2 is 1.68 bits per heavy atom. The number of esters is 2. The van der Waals surface area contributed by atoms with Crippen LogP contribution in [0.5, 0.6) is 0 Å². The van der Waals surface area contributed by atoms with Gasteiger partial charge >= 0.3 is 11.9 Å². The molecule has 0 spiro atoms. The molecule has 230 valence electrons. The smallest absolute Gasteiger partial charge is 0.320 e. The minimum Gasteiger partial charge on any atom is -0.469 e. The molecule has 1 saturated carbocycles. The van der Waals surface area contributed by atoms with Crippen LogP contribution >= 0.6 is 0 Å². The quantitative estimate of drug-likeness (QED) is 0.0824. The Balaban J connectivity index is 1.55. The van der Waals surface area contributed by atoms with Crippen LogP contribution in [0.15, 0.2) is 36.4 Å². The van der Waals surface area contributed by atoms with Crippen molar-refractivity contribution in [2.45, 2.75) is 134 Å². The van der Waals surface area contributed by atoms with Crippen molar-refractivity contribution in [3.63, 3.8) is 0 Å². The summed E-state index contributed by atoms with van der Waals surface area (Å²) in [5, 5.41) is 10.9. The molecule has 1 aliphatic heterocycles. The van der Waals surface area contributed by atoms with E-state index < -0.39 is 12.2 Å². The minimum absolute atomic E-state index is 0.000711. The van der Waals surface area contributed by atoms with E-state index in [1.807, 2.05) is 6.08 Å². The number of allylic oxidation sites excluding steroid dienone is 1. The topological polar surface area (TPSA) is 75.8 Å². The zero-order chi connectivity index (χ0) is 29.6. The van der Waals surface area contributed by atoms with Crippen molar-refractivity contribution < 1.29 is 28.6 Å². The first-order valence-corrected chi connectivity index (χ1v) is 16.0. The van der Waals surface area contributed by atoms with Crippen molar-refractivity contribution in [3.8, 4) is 0 Å². The van der Waals surface area contributed by atoms with E-state index in [2.05, 4.69) is 24.8 Å². The molecule has 1 N–H and O–H groups in total. The number of rotatable bonds is 19. The van der Waals surface area contributed by atoms with Crippen molar-refractivity contribution in [3.05, 3.63) is 47.8 Å². The summed E-state index contributed by atoms with van der Waals surface area (Å²) in [7, 11) is 1.39. The molecule has 7 atom stereocenters. The standard InChI is InChI=1S/C34H52FNO5/c1-4-6-8-9-10-11-12-13-15-16-29(37)30(17-14-7-5-2)41-31(38)24-36-28-23-22-27(34(39)40-3)32(33(28)36)25-18-20-26(35)21-19-25/h13,15,18-21,27-30,32-33,37H,4-12,14,16-17,22-24H2,1-3H3/b15-13-/t27?,28?,29?,30?,32-,33-,36+/m1/s1. The Morgan fingerprint density at radius 1 is 1.00 bits per heavy atom. The van der Waals surface area contributed by atoms with Crippen LogP contribution in [0.2, 0.25) is 0 Å². The van der Waals surface area contributed by atoms with Crippen molar-refractivity contribution in [1.82, 2.24) is 4.90 Å². The van der Waals surface area contributed by atoms with Gasteiger partial charge in [-0.3, -0.25) is 14.5 Å². The summed E-state index contributed by atoms with van der Waals surface area (Å²) < 4.78 is 24.6. The summed E-state index contributed by atoms with van der Waals surface area (Å²) >= 11 is 0. The van der Waals surface area contributed by atoms with Gasteiger partial charge in [0, 0.05) is 18.0 Å². The van der Waals surface area contributed by atoms with Crippen LogP contribution in [-0.4, -0.2) is 59.9 Å². The van der Waals surface area contributed by atoms with E-state index in [1.165, 1.54) is 57.8 Å². The number of aliphatic hydroxyl groups is 1. The van der Waals surface area contributed by atoms with Crippen molar-refractivity contribution >= 4 is 11.9 Å². The van der Waals surface area contributed by atoms with Gasteiger partial charge in [0.2, 0.25) is 0 Å². The molecule has 41 heavy (non-hydrogen) atoms. The van der Waals surface area contributed by atoms with E-state index in [9.17, 15) is 19.1 Å². The fourth-order valence-corrected chi connectivity index (χ4v) is 6.49. The first kappa shape index (κ1) is 33.3. The summed E-state index contributed by atoms with van der Waals surface area (Å²) in [6.45, 7) is 4.47. The van der Waals surface area contributed by atoms with Crippen LogP contribution in [0.3, 0.4) is 0 Å². The highest BCUT2D eigenvalue weighted by Crippen LogP contribution is 2.51. The SMILES string of the molecule is CCCCCCCC/C=C\CC(O)C(CCCCC)OC(=O)C[N@@]1C2CCC(C(=O)OC)[C@@H](c3ccc(F)cc3)[C@@H]21. The average molecular weight is 574 g/mol. The van der Waals surface area contributed by atoms with Gasteiger partial charge in [0.25, 0.3) is 0 Å². The zero-order valence-corrected chi connectivity index (χ0v) is 25.4. The molecule has 0 amide bonds. The number of unbranched alkanes of at least 4 members (excludes halogenated alkanes) is 8. The molecule has 0 radical (unpaired) electrons. The molecule has 1 aliphatic carbocycles. The van der Waals surface area contributed by atoms with Gasteiger partial charge in [-0.15, -0.1) is 0 Å². The summed E-state index contributed by atoms with van der Waals surface area (Å²) in [5.41, 5.74) is 0.882. The van der Waals surface area contributed by atoms with Gasteiger partial charge in [-0.05, 0) is 62.6 Å². The van der Waals surface area contributed by atoms with E-state index >= 15 is 0 Å². The first-order chi connectivity index (χ1) is 19.9. The highest BCUT2D eigenvalue weighted by molar-refractivity contribution is 5.75. The molecule has 2 fully saturated rings. The van der Waals surface area contributed by atoms with Crippen molar-refractivity contribution in [2.24, 2.45) is 5.92 Å². The van der Waals surface area contributed by atoms with Crippen molar-refractivity contribution in [2.75, 3.05) is 13.7 Å². The van der Waals surface area contributed by atoms with E-state index in [0.29, 0.717) is 19.3 Å². The van der Waals surface area contributed by atoms with E-state index in [-0.39, 0.29) is 48.2 Å². The molecule has 0 bridgehead atoms. The second-order valence-electron chi connectivity index (χ2n) is 11.9. The van der Waals surface area contributed by atoms with Crippen LogP contribution in [0.25, 0.3) is 0 Å². The summed E-state index contributed by atoms with van der Waals surface area (Å²) in [6.07, 6.45) is 17.0. The van der Waals surface area contributed by atoms with E-state index in [1.54, 1.807) is 12.1 Å². The maximum atomic E-state index is 13.6. The van der Waals surface area contributed by atoms with E-state index in [0.717, 1.165) is 37.7 Å². The molecule has 2 aliphatic rings. The van der Waals surface area contributed by atoms with Gasteiger partial charge in [-0.25, -0.2) is 4.39 Å². The van der Waals surface area contributed by atoms with Crippen molar-refractivity contribution in [1.29, 1.82) is 0 Å². The lowest BCUT2D eigenvalue weighted by Gasteiger charge is -2.28. The number of benzene rings is 1. The molecule has 4 unspecified atom stereocenters. The number of carbonyl (C=O) groups is 2. The van der Waals surface area contributed by atoms with Crippen LogP contribution in [0.4, 0.5) is 4.39 Å². The fraction of sp³-hybridized carbons (Fsp3) is 0.706. The second-order valence-corrected chi connectivity index (χ2v) is 11.9. The number of nitrogens with zero attached hydrogens (tertiary/aromatic N) is 1. The van der Waals surface area contributed by atoms with E-state index in [4.69, 9.17) is 9.47 Å². The predicted octanol–water partition coefficient (Wildman–Crippen LogP) is 7.10. The number of ether oxygens (including phenoxy) is 2. The molecule has 1 aromatic carbocycles. The number of hydrogen-bond donors (Lipinski definition) is 1. The molecule has 1 heterocycles. The molecule has 1 saturated heterocycles. The Hall–Kier alpha value is -2.25. The van der Waals surface area contributed by atoms with Gasteiger partial charge in [-0.2, -0.15) is 0 Å². The molecular weight excluding hydrogens is 521 g/mol. The average Bonchev–Trinajstić information content (AvgIpc) is 3.67. The lowest BCUT2D eigenvalue weighted by atomic mass is 9.75. The second kappa shape index (κ2) is 17.6. The molecule has 1 aromatic rings. The number of hydrogen-bond acceptors (Lipinski definition) is 6. The number of carbonyl (C=O) groups excluding carboxylic acids is 2. The summed E-state index contributed by atoms with van der Waals surface area (Å²) in [5.74, 6) is -1.44. The number of fused-ring (bicyclic) bond motifs is 1. The Labute approximate surface area is 246 Å². The highest BCUT2D eigenvalue weighted by atomic mass is 19.1. The minimum atomic E-state index is -0.733. The highest BCUT2D eigenvalue weighted by Gasteiger charge is 2.59. The normalized spacial score (nSPS) is 25.0. The Kier molecular flexibility index (Phi) is 14.3. The summed E-state index contributed by atoms with van der Waals surface area (Å²) in [4.78, 5) is 27.8. The third kappa shape index (κ3) is 10.2. The van der Waals surface area contributed by atoms with Gasteiger partial charge < -0.3 is 14.6 Å². The largest absolute Gasteiger partial charge is 0.469 e. The van der Waals surface area contributed by atoms with Gasteiger partial charge in [0.15, 0.2) is 0 Å². The third-order valence-electron chi connectivity index (χ3n) is 8.83. The molecule has 7 heteroatoms. The molecule has 6 nitrogen and oxygen atoms in total. The van der Waals surface area contributed by atoms with Crippen LogP contribution in [0, 0.1) is 11.7 Å². The number of methoxy groups -OCH3 is 1. The number of aliphatic hydroxyl groups excluding tert-OH is 1. The monoisotopic (exact) mass is 573 g/mol. The van der Waals surface area contributed by atoms with Crippen LogP contribution < -0.4 is 0 Å². The molecule has 3 rings (SSSR count). The maximum absolute atomic E-state index is 13.6. The maximum Gasteiger partial charge on any atom is 0.320 e. The lowest BCUT2D eigenvalue weighted by molar-refractivity contribution is -0.155. The molecule has 0 aromatic heterocycles. The zero-order valence-electron chi connectivity index (χ0n) is 25.4. The summed E-state index contributed by atoms with van der Waals surface area (Å²) in [6, 6.07) is 6.46. The first-order valence-electron chi connectivity index (χ1n) is 16.0.